The molecular weight excluding hydrogens is 200 g/mol. The third-order valence-corrected chi connectivity index (χ3v) is 3.30. The van der Waals surface area contributed by atoms with Gasteiger partial charge in [0.05, 0.1) is 6.54 Å². The maximum Gasteiger partial charge on any atom is 0.188 e. The Morgan fingerprint density at radius 3 is 2.50 bits per heavy atom. The van der Waals surface area contributed by atoms with Gasteiger partial charge in [-0.25, -0.2) is 0 Å². The van der Waals surface area contributed by atoms with Crippen LogP contribution in [0.2, 0.25) is 0 Å². The molecular formula is C12H26N4. The SMILES string of the molecule is CCN(CC)CCN=C(N)NC1CCCC1. The average Bonchev–Trinajstić information content (AvgIpc) is 2.77. The summed E-state index contributed by atoms with van der Waals surface area (Å²) in [4.78, 5) is 6.72. The van der Waals surface area contributed by atoms with Crippen molar-refractivity contribution in [3.8, 4) is 0 Å². The lowest BCUT2D eigenvalue weighted by molar-refractivity contribution is 0.313. The zero-order valence-electron chi connectivity index (χ0n) is 10.7. The van der Waals surface area contributed by atoms with Crippen molar-refractivity contribution in [1.82, 2.24) is 10.2 Å². The van der Waals surface area contributed by atoms with Crippen LogP contribution in [0.5, 0.6) is 0 Å². The molecule has 0 aromatic carbocycles. The zero-order valence-corrected chi connectivity index (χ0v) is 10.7. The fraction of sp³-hybridized carbons (Fsp3) is 0.917. The minimum atomic E-state index is 0.567. The van der Waals surface area contributed by atoms with Gasteiger partial charge in [-0.05, 0) is 25.9 Å². The molecule has 1 fully saturated rings. The summed E-state index contributed by atoms with van der Waals surface area (Å²) in [5, 5.41) is 3.30. The van der Waals surface area contributed by atoms with Gasteiger partial charge in [-0.2, -0.15) is 0 Å². The Morgan fingerprint density at radius 2 is 1.94 bits per heavy atom. The minimum Gasteiger partial charge on any atom is -0.370 e. The molecule has 0 radical (unpaired) electrons. The molecule has 0 bridgehead atoms. The summed E-state index contributed by atoms with van der Waals surface area (Å²) >= 11 is 0. The van der Waals surface area contributed by atoms with Gasteiger partial charge in [-0.1, -0.05) is 26.7 Å². The second kappa shape index (κ2) is 7.49. The Balaban J connectivity index is 2.17. The van der Waals surface area contributed by atoms with Crippen LogP contribution in [0.3, 0.4) is 0 Å². The highest BCUT2D eigenvalue weighted by molar-refractivity contribution is 5.78. The Bertz CT molecular complexity index is 205. The summed E-state index contributed by atoms with van der Waals surface area (Å²) in [7, 11) is 0. The topological polar surface area (TPSA) is 53.6 Å². The number of nitrogens with one attached hydrogen (secondary N) is 1. The molecule has 0 aromatic rings. The molecule has 3 N–H and O–H groups in total. The Kier molecular flexibility index (Phi) is 6.23. The molecule has 0 aliphatic heterocycles. The van der Waals surface area contributed by atoms with Gasteiger partial charge in [0, 0.05) is 12.6 Å². The van der Waals surface area contributed by atoms with Gasteiger partial charge in [-0.3, -0.25) is 4.99 Å². The lowest BCUT2D eigenvalue weighted by Gasteiger charge is -2.17. The third-order valence-electron chi connectivity index (χ3n) is 3.30. The van der Waals surface area contributed by atoms with E-state index < -0.39 is 0 Å². The molecule has 0 heterocycles. The van der Waals surface area contributed by atoms with Crippen molar-refractivity contribution < 1.29 is 0 Å². The van der Waals surface area contributed by atoms with Crippen LogP contribution in [0.4, 0.5) is 0 Å². The maximum absolute atomic E-state index is 5.84. The molecule has 16 heavy (non-hydrogen) atoms. The Labute approximate surface area is 99.3 Å². The van der Waals surface area contributed by atoms with E-state index in [-0.39, 0.29) is 0 Å². The van der Waals surface area contributed by atoms with Gasteiger partial charge in [0.1, 0.15) is 0 Å². The standard InChI is InChI=1S/C12H26N4/c1-3-16(4-2)10-9-14-12(13)15-11-7-5-6-8-11/h11H,3-10H2,1-2H3,(H3,13,14,15). The van der Waals surface area contributed by atoms with Crippen molar-refractivity contribution in [1.29, 1.82) is 0 Å². The summed E-state index contributed by atoms with van der Waals surface area (Å²) in [5.74, 6) is 0.624. The second-order valence-corrected chi connectivity index (χ2v) is 4.42. The second-order valence-electron chi connectivity index (χ2n) is 4.42. The minimum absolute atomic E-state index is 0.567. The molecule has 0 aromatic heterocycles. The van der Waals surface area contributed by atoms with Crippen molar-refractivity contribution in [2.24, 2.45) is 10.7 Å². The molecule has 1 aliphatic rings. The first-order valence-corrected chi connectivity index (χ1v) is 6.55. The molecule has 0 spiro atoms. The number of hydrogen-bond acceptors (Lipinski definition) is 2. The van der Waals surface area contributed by atoms with E-state index in [2.05, 4.69) is 29.1 Å². The van der Waals surface area contributed by atoms with Crippen LogP contribution < -0.4 is 11.1 Å². The molecule has 4 nitrogen and oxygen atoms in total. The van der Waals surface area contributed by atoms with E-state index >= 15 is 0 Å². The van der Waals surface area contributed by atoms with E-state index in [4.69, 9.17) is 5.73 Å². The molecule has 4 heteroatoms. The van der Waals surface area contributed by atoms with Crippen LogP contribution in [0.25, 0.3) is 0 Å². The number of hydrogen-bond donors (Lipinski definition) is 2. The molecule has 0 unspecified atom stereocenters. The lowest BCUT2D eigenvalue weighted by Crippen LogP contribution is -2.39. The fourth-order valence-electron chi connectivity index (χ4n) is 2.18. The van der Waals surface area contributed by atoms with Crippen molar-refractivity contribution in [2.75, 3.05) is 26.2 Å². The monoisotopic (exact) mass is 226 g/mol. The first kappa shape index (κ1) is 13.3. The summed E-state index contributed by atoms with van der Waals surface area (Å²) < 4.78 is 0. The number of nitrogens with two attached hydrogens (primary N) is 1. The van der Waals surface area contributed by atoms with Crippen LogP contribution in [-0.4, -0.2) is 43.1 Å². The van der Waals surface area contributed by atoms with E-state index in [9.17, 15) is 0 Å². The van der Waals surface area contributed by atoms with Crippen LogP contribution in [0, 0.1) is 0 Å². The van der Waals surface area contributed by atoms with Crippen LogP contribution in [-0.2, 0) is 0 Å². The summed E-state index contributed by atoms with van der Waals surface area (Å²) in [6.07, 6.45) is 5.13. The first-order chi connectivity index (χ1) is 7.76. The van der Waals surface area contributed by atoms with E-state index in [1.54, 1.807) is 0 Å². The predicted molar refractivity (Wildman–Crippen MR) is 69.7 cm³/mol. The number of nitrogens with zero attached hydrogens (tertiary/aromatic N) is 2. The van der Waals surface area contributed by atoms with Crippen LogP contribution in [0.15, 0.2) is 4.99 Å². The maximum atomic E-state index is 5.84. The Morgan fingerprint density at radius 1 is 1.31 bits per heavy atom. The highest BCUT2D eigenvalue weighted by Gasteiger charge is 2.14. The van der Waals surface area contributed by atoms with Gasteiger partial charge < -0.3 is 16.0 Å². The quantitative estimate of drug-likeness (QED) is 0.528. The first-order valence-electron chi connectivity index (χ1n) is 6.55. The molecule has 1 saturated carbocycles. The summed E-state index contributed by atoms with van der Waals surface area (Å²) in [5.41, 5.74) is 5.84. The van der Waals surface area contributed by atoms with Crippen molar-refractivity contribution in [2.45, 2.75) is 45.6 Å². The van der Waals surface area contributed by atoms with E-state index in [1.807, 2.05) is 0 Å². The summed E-state index contributed by atoms with van der Waals surface area (Å²) in [6.45, 7) is 8.32. The number of aliphatic imine (C=N–C) groups is 1. The van der Waals surface area contributed by atoms with Crippen molar-refractivity contribution in [3.05, 3.63) is 0 Å². The molecule has 0 saturated heterocycles. The average molecular weight is 226 g/mol. The van der Waals surface area contributed by atoms with Gasteiger partial charge in [0.25, 0.3) is 0 Å². The molecule has 1 aliphatic carbocycles. The van der Waals surface area contributed by atoms with E-state index in [1.165, 1.54) is 25.7 Å². The van der Waals surface area contributed by atoms with Gasteiger partial charge in [0.2, 0.25) is 0 Å². The number of rotatable bonds is 6. The van der Waals surface area contributed by atoms with Gasteiger partial charge in [0.15, 0.2) is 5.96 Å². The number of likely N-dealkylation sites (N-methyl/N-ethyl adjacent to an activating group) is 1. The van der Waals surface area contributed by atoms with Gasteiger partial charge >= 0.3 is 0 Å². The molecule has 0 atom stereocenters. The predicted octanol–water partition coefficient (Wildman–Crippen LogP) is 1.18. The van der Waals surface area contributed by atoms with Gasteiger partial charge in [-0.15, -0.1) is 0 Å². The molecule has 94 valence electrons. The van der Waals surface area contributed by atoms with Crippen molar-refractivity contribution >= 4 is 5.96 Å². The van der Waals surface area contributed by atoms with Crippen molar-refractivity contribution in [3.63, 3.8) is 0 Å². The normalized spacial score (nSPS) is 18.3. The highest BCUT2D eigenvalue weighted by Crippen LogP contribution is 2.17. The number of guanidine groups is 1. The van der Waals surface area contributed by atoms with E-state index in [0.29, 0.717) is 12.0 Å². The van der Waals surface area contributed by atoms with Crippen LogP contribution >= 0.6 is 0 Å². The third kappa shape index (κ3) is 4.84. The smallest absolute Gasteiger partial charge is 0.188 e. The Hall–Kier alpha value is -0.770. The molecule has 1 rings (SSSR count). The summed E-state index contributed by atoms with van der Waals surface area (Å²) in [6, 6.07) is 0.567. The highest BCUT2D eigenvalue weighted by atomic mass is 15.1. The molecule has 0 amide bonds. The zero-order chi connectivity index (χ0) is 11.8. The van der Waals surface area contributed by atoms with Crippen LogP contribution in [0.1, 0.15) is 39.5 Å². The fourth-order valence-corrected chi connectivity index (χ4v) is 2.18. The lowest BCUT2D eigenvalue weighted by atomic mass is 10.2. The van der Waals surface area contributed by atoms with E-state index in [0.717, 1.165) is 26.2 Å². The largest absolute Gasteiger partial charge is 0.370 e.